The maximum Gasteiger partial charge on any atom is 0.225 e. The van der Waals surface area contributed by atoms with Crippen molar-refractivity contribution in [1.29, 1.82) is 0 Å². The summed E-state index contributed by atoms with van der Waals surface area (Å²) in [6, 6.07) is 6.20. The fourth-order valence-electron chi connectivity index (χ4n) is 4.86. The number of likely N-dealkylation sites (tertiary alicyclic amines) is 1. The number of fused-ring (bicyclic) bond motifs is 1. The summed E-state index contributed by atoms with van der Waals surface area (Å²) >= 11 is 0. The van der Waals surface area contributed by atoms with Crippen molar-refractivity contribution in [3.8, 4) is 17.0 Å². The maximum atomic E-state index is 12.9. The van der Waals surface area contributed by atoms with Gasteiger partial charge in [0.25, 0.3) is 0 Å². The monoisotopic (exact) mass is 436 g/mol. The van der Waals surface area contributed by atoms with Crippen LogP contribution in [0.15, 0.2) is 24.4 Å². The SMILES string of the molecule is CC(=O)N1CCCC(C(=O)NCc2cc(-c3cn4c(n3)CCC4)ccc2OC2CCC2)C1. The van der Waals surface area contributed by atoms with Gasteiger partial charge in [-0.05, 0) is 56.7 Å². The van der Waals surface area contributed by atoms with Crippen LogP contribution in [0.3, 0.4) is 0 Å². The van der Waals surface area contributed by atoms with Crippen molar-refractivity contribution in [2.75, 3.05) is 13.1 Å². The molecule has 1 atom stereocenters. The van der Waals surface area contributed by atoms with Crippen LogP contribution in [-0.2, 0) is 29.1 Å². The molecule has 3 aliphatic rings. The number of hydrogen-bond donors (Lipinski definition) is 1. The molecule has 0 bridgehead atoms. The Balaban J connectivity index is 1.32. The number of amides is 2. The average molecular weight is 437 g/mol. The van der Waals surface area contributed by atoms with E-state index in [-0.39, 0.29) is 23.8 Å². The lowest BCUT2D eigenvalue weighted by atomic mass is 9.96. The fraction of sp³-hybridized carbons (Fsp3) is 0.560. The number of hydrogen-bond acceptors (Lipinski definition) is 4. The lowest BCUT2D eigenvalue weighted by Gasteiger charge is -2.31. The largest absolute Gasteiger partial charge is 0.490 e. The molecule has 0 spiro atoms. The molecular weight excluding hydrogens is 404 g/mol. The highest BCUT2D eigenvalue weighted by Gasteiger charge is 2.27. The molecule has 1 saturated heterocycles. The Morgan fingerprint density at radius 1 is 1.16 bits per heavy atom. The van der Waals surface area contributed by atoms with E-state index in [9.17, 15) is 9.59 Å². The number of aromatic nitrogens is 2. The van der Waals surface area contributed by atoms with Gasteiger partial charge in [0.1, 0.15) is 11.6 Å². The van der Waals surface area contributed by atoms with Gasteiger partial charge in [-0.1, -0.05) is 0 Å². The predicted molar refractivity (Wildman–Crippen MR) is 121 cm³/mol. The lowest BCUT2D eigenvalue weighted by Crippen LogP contribution is -2.44. The molecule has 5 rings (SSSR count). The molecule has 1 aromatic carbocycles. The third kappa shape index (κ3) is 4.38. The second kappa shape index (κ2) is 8.96. The number of benzene rings is 1. The van der Waals surface area contributed by atoms with Crippen LogP contribution in [-0.4, -0.2) is 45.5 Å². The molecule has 1 saturated carbocycles. The van der Waals surface area contributed by atoms with Crippen LogP contribution in [0.1, 0.15) is 56.8 Å². The molecule has 1 aliphatic carbocycles. The van der Waals surface area contributed by atoms with Gasteiger partial charge >= 0.3 is 0 Å². The predicted octanol–water partition coefficient (Wildman–Crippen LogP) is 3.30. The van der Waals surface area contributed by atoms with E-state index in [1.807, 2.05) is 6.07 Å². The number of carbonyl (C=O) groups excluding carboxylic acids is 2. The molecule has 170 valence electrons. The number of nitrogens with zero attached hydrogens (tertiary/aromatic N) is 3. The summed E-state index contributed by atoms with van der Waals surface area (Å²) in [5, 5.41) is 3.11. The minimum atomic E-state index is -0.150. The number of ether oxygens (including phenoxy) is 1. The van der Waals surface area contributed by atoms with Gasteiger partial charge < -0.3 is 19.5 Å². The smallest absolute Gasteiger partial charge is 0.225 e. The second-order valence-electron chi connectivity index (χ2n) is 9.35. The Hall–Kier alpha value is -2.83. The molecule has 7 heteroatoms. The molecule has 1 unspecified atom stereocenters. The summed E-state index contributed by atoms with van der Waals surface area (Å²) in [5.41, 5.74) is 3.01. The van der Waals surface area contributed by atoms with Crippen molar-refractivity contribution in [1.82, 2.24) is 19.8 Å². The summed E-state index contributed by atoms with van der Waals surface area (Å²) in [4.78, 5) is 31.2. The Kier molecular flexibility index (Phi) is 5.89. The molecule has 2 amide bonds. The van der Waals surface area contributed by atoms with Crippen LogP contribution in [0.5, 0.6) is 5.75 Å². The molecule has 0 radical (unpaired) electrons. The molecule has 2 aliphatic heterocycles. The van der Waals surface area contributed by atoms with E-state index < -0.39 is 0 Å². The number of carbonyl (C=O) groups is 2. The summed E-state index contributed by atoms with van der Waals surface area (Å²) in [6.07, 6.45) is 9.67. The average Bonchev–Trinajstić information content (AvgIpc) is 3.37. The summed E-state index contributed by atoms with van der Waals surface area (Å²) in [5.74, 6) is 1.90. The lowest BCUT2D eigenvalue weighted by molar-refractivity contribution is -0.134. The van der Waals surface area contributed by atoms with Crippen molar-refractivity contribution >= 4 is 11.8 Å². The van der Waals surface area contributed by atoms with Crippen LogP contribution in [0.25, 0.3) is 11.3 Å². The first kappa shape index (κ1) is 21.0. The van der Waals surface area contributed by atoms with E-state index in [0.717, 1.165) is 80.0 Å². The van der Waals surface area contributed by atoms with Crippen molar-refractivity contribution in [3.05, 3.63) is 35.8 Å². The van der Waals surface area contributed by atoms with Crippen molar-refractivity contribution < 1.29 is 14.3 Å². The van der Waals surface area contributed by atoms with Gasteiger partial charge in [-0.2, -0.15) is 0 Å². The zero-order valence-corrected chi connectivity index (χ0v) is 18.8. The molecule has 1 N–H and O–H groups in total. The highest BCUT2D eigenvalue weighted by atomic mass is 16.5. The van der Waals surface area contributed by atoms with Gasteiger partial charge in [-0.25, -0.2) is 4.98 Å². The number of nitrogens with one attached hydrogen (secondary N) is 1. The number of rotatable bonds is 6. The topological polar surface area (TPSA) is 76.5 Å². The van der Waals surface area contributed by atoms with E-state index in [1.165, 1.54) is 6.42 Å². The van der Waals surface area contributed by atoms with Gasteiger partial charge in [0, 0.05) is 56.8 Å². The fourth-order valence-corrected chi connectivity index (χ4v) is 4.86. The van der Waals surface area contributed by atoms with E-state index in [1.54, 1.807) is 11.8 Å². The second-order valence-corrected chi connectivity index (χ2v) is 9.35. The third-order valence-corrected chi connectivity index (χ3v) is 7.05. The van der Waals surface area contributed by atoms with Crippen molar-refractivity contribution in [3.63, 3.8) is 0 Å². The Labute approximate surface area is 189 Å². The maximum absolute atomic E-state index is 12.9. The molecule has 7 nitrogen and oxygen atoms in total. The molecule has 3 heterocycles. The van der Waals surface area contributed by atoms with Gasteiger partial charge in [0.2, 0.25) is 11.8 Å². The molecule has 2 fully saturated rings. The third-order valence-electron chi connectivity index (χ3n) is 7.05. The first-order valence-corrected chi connectivity index (χ1v) is 12.0. The summed E-state index contributed by atoms with van der Waals surface area (Å²) in [6.45, 7) is 4.27. The van der Waals surface area contributed by atoms with Crippen LogP contribution in [0, 0.1) is 5.92 Å². The number of aryl methyl sites for hydroxylation is 2. The first-order chi connectivity index (χ1) is 15.6. The standard InChI is InChI=1S/C25H32N4O3/c1-17(30)28-11-3-5-19(15-28)25(31)26-14-20-13-18(9-10-23(20)32-21-6-2-7-21)22-16-29-12-4-8-24(29)27-22/h9-10,13,16,19,21H,2-8,11-12,14-15H2,1H3,(H,26,31). The van der Waals surface area contributed by atoms with Crippen molar-refractivity contribution in [2.24, 2.45) is 5.92 Å². The molecular formula is C25H32N4O3. The van der Waals surface area contributed by atoms with Gasteiger partial charge in [-0.15, -0.1) is 0 Å². The molecule has 32 heavy (non-hydrogen) atoms. The molecule has 2 aromatic rings. The highest BCUT2D eigenvalue weighted by molar-refractivity contribution is 5.80. The summed E-state index contributed by atoms with van der Waals surface area (Å²) < 4.78 is 8.47. The normalized spacial score (nSPS) is 20.5. The Bertz CT molecular complexity index is 989. The molecule has 1 aromatic heterocycles. The zero-order chi connectivity index (χ0) is 22.1. The van der Waals surface area contributed by atoms with E-state index >= 15 is 0 Å². The van der Waals surface area contributed by atoms with Crippen LogP contribution < -0.4 is 10.1 Å². The Morgan fingerprint density at radius 3 is 2.78 bits per heavy atom. The first-order valence-electron chi connectivity index (χ1n) is 12.0. The van der Waals surface area contributed by atoms with Gasteiger partial charge in [-0.3, -0.25) is 9.59 Å². The minimum Gasteiger partial charge on any atom is -0.490 e. The van der Waals surface area contributed by atoms with Gasteiger partial charge in [0.05, 0.1) is 17.7 Å². The quantitative estimate of drug-likeness (QED) is 0.754. The Morgan fingerprint density at radius 2 is 2.03 bits per heavy atom. The van der Waals surface area contributed by atoms with E-state index in [2.05, 4.69) is 28.2 Å². The zero-order valence-electron chi connectivity index (χ0n) is 18.8. The number of imidazole rings is 1. The minimum absolute atomic E-state index is 0.0110. The van der Waals surface area contributed by atoms with E-state index in [0.29, 0.717) is 13.1 Å². The van der Waals surface area contributed by atoms with Gasteiger partial charge in [0.15, 0.2) is 0 Å². The van der Waals surface area contributed by atoms with Crippen LogP contribution in [0.2, 0.25) is 0 Å². The summed E-state index contributed by atoms with van der Waals surface area (Å²) in [7, 11) is 0. The van der Waals surface area contributed by atoms with Crippen LogP contribution >= 0.6 is 0 Å². The highest BCUT2D eigenvalue weighted by Crippen LogP contribution is 2.32. The van der Waals surface area contributed by atoms with E-state index in [4.69, 9.17) is 9.72 Å². The number of piperidine rings is 1. The van der Waals surface area contributed by atoms with Crippen LogP contribution in [0.4, 0.5) is 0 Å². The van der Waals surface area contributed by atoms with Crippen molar-refractivity contribution in [2.45, 2.75) is 71.1 Å².